The van der Waals surface area contributed by atoms with Crippen molar-refractivity contribution >= 4 is 18.0 Å². The van der Waals surface area contributed by atoms with Crippen molar-refractivity contribution in [2.24, 2.45) is 0 Å². The highest BCUT2D eigenvalue weighted by Gasteiger charge is 2.41. The van der Waals surface area contributed by atoms with Gasteiger partial charge >= 0.3 is 12.1 Å². The largest absolute Gasteiger partial charge is 0.479 e. The normalized spacial score (nSPS) is 17.8. The van der Waals surface area contributed by atoms with Crippen molar-refractivity contribution in [1.29, 1.82) is 0 Å². The number of alkyl carbamates (subject to hydrolysis) is 1. The van der Waals surface area contributed by atoms with E-state index >= 15 is 0 Å². The third-order valence-electron chi connectivity index (χ3n) is 6.35. The number of rotatable bonds is 5. The molecule has 1 aliphatic heterocycles. The molecular formula is C24H26N2O6. The summed E-state index contributed by atoms with van der Waals surface area (Å²) in [5.74, 6) is -1.70. The maximum Gasteiger partial charge on any atom is 0.407 e. The molecule has 32 heavy (non-hydrogen) atoms. The number of nitrogens with zero attached hydrogens (tertiary/aromatic N) is 1. The summed E-state index contributed by atoms with van der Waals surface area (Å²) in [7, 11) is 0. The quantitative estimate of drug-likeness (QED) is 0.660. The Labute approximate surface area is 185 Å². The summed E-state index contributed by atoms with van der Waals surface area (Å²) in [6.45, 7) is 1.93. The minimum absolute atomic E-state index is 0.0499. The Hall–Kier alpha value is -3.39. The first-order valence-electron chi connectivity index (χ1n) is 10.7. The highest BCUT2D eigenvalue weighted by molar-refractivity contribution is 5.86. The van der Waals surface area contributed by atoms with Crippen LogP contribution in [0, 0.1) is 0 Å². The average molecular weight is 438 g/mol. The smallest absolute Gasteiger partial charge is 0.407 e. The molecular weight excluding hydrogens is 412 g/mol. The van der Waals surface area contributed by atoms with E-state index in [1.54, 1.807) is 6.92 Å². The van der Waals surface area contributed by atoms with E-state index < -0.39 is 23.7 Å². The first kappa shape index (κ1) is 21.8. The van der Waals surface area contributed by atoms with Crippen molar-refractivity contribution in [3.63, 3.8) is 0 Å². The summed E-state index contributed by atoms with van der Waals surface area (Å²) in [5.41, 5.74) is 2.66. The Morgan fingerprint density at radius 1 is 1.06 bits per heavy atom. The molecule has 1 aliphatic carbocycles. The van der Waals surface area contributed by atoms with Gasteiger partial charge in [-0.15, -0.1) is 0 Å². The van der Waals surface area contributed by atoms with Gasteiger partial charge in [-0.25, -0.2) is 9.59 Å². The lowest BCUT2D eigenvalue weighted by molar-refractivity contribution is -0.165. The van der Waals surface area contributed by atoms with Gasteiger partial charge in [0.1, 0.15) is 12.6 Å². The molecule has 1 heterocycles. The molecule has 1 fully saturated rings. The Morgan fingerprint density at radius 3 is 2.12 bits per heavy atom. The average Bonchev–Trinajstić information content (AvgIpc) is 3.11. The van der Waals surface area contributed by atoms with Gasteiger partial charge in [-0.05, 0) is 29.2 Å². The van der Waals surface area contributed by atoms with Gasteiger partial charge in [0, 0.05) is 31.8 Å². The molecule has 0 radical (unpaired) electrons. The molecule has 168 valence electrons. The summed E-state index contributed by atoms with van der Waals surface area (Å²) in [5, 5.41) is 21.7. The third kappa shape index (κ3) is 4.05. The Kier molecular flexibility index (Phi) is 5.88. The van der Waals surface area contributed by atoms with Crippen LogP contribution in [0.25, 0.3) is 11.1 Å². The number of ether oxygens (including phenoxy) is 1. The van der Waals surface area contributed by atoms with E-state index in [0.717, 1.165) is 22.3 Å². The predicted molar refractivity (Wildman–Crippen MR) is 116 cm³/mol. The van der Waals surface area contributed by atoms with Crippen molar-refractivity contribution in [2.45, 2.75) is 37.3 Å². The van der Waals surface area contributed by atoms with Crippen LogP contribution in [-0.2, 0) is 14.3 Å². The molecule has 1 unspecified atom stereocenters. The number of carbonyl (C=O) groups excluding carboxylic acids is 2. The zero-order valence-electron chi connectivity index (χ0n) is 17.8. The van der Waals surface area contributed by atoms with Gasteiger partial charge in [-0.2, -0.15) is 0 Å². The summed E-state index contributed by atoms with van der Waals surface area (Å²) in [6.07, 6.45) is -0.788. The number of fused-ring (bicyclic) bond motifs is 3. The molecule has 0 aromatic heterocycles. The standard InChI is InChI=1S/C24H26N2O6/c1-15(21(27)26-12-10-24(31,11-13-26)22(28)29)25-23(30)32-14-20-18-8-4-2-6-16(18)17-7-3-5-9-19(17)20/h2-9,15,20,31H,10-14H2,1H3,(H,25,30)(H,28,29). The van der Waals surface area contributed by atoms with Crippen LogP contribution in [0.15, 0.2) is 48.5 Å². The van der Waals surface area contributed by atoms with Gasteiger partial charge in [-0.1, -0.05) is 48.5 Å². The molecule has 3 N–H and O–H groups in total. The first-order chi connectivity index (χ1) is 15.3. The van der Waals surface area contributed by atoms with Crippen LogP contribution in [0.5, 0.6) is 0 Å². The van der Waals surface area contributed by atoms with Crippen LogP contribution in [0.2, 0.25) is 0 Å². The van der Waals surface area contributed by atoms with E-state index in [0.29, 0.717) is 0 Å². The minimum Gasteiger partial charge on any atom is -0.479 e. The number of carbonyl (C=O) groups is 3. The van der Waals surface area contributed by atoms with Crippen LogP contribution in [0.3, 0.4) is 0 Å². The number of nitrogens with one attached hydrogen (secondary N) is 1. The van der Waals surface area contributed by atoms with E-state index in [4.69, 9.17) is 9.84 Å². The number of hydrogen-bond donors (Lipinski definition) is 3. The molecule has 2 aliphatic rings. The van der Waals surface area contributed by atoms with Gasteiger partial charge in [0.25, 0.3) is 0 Å². The fourth-order valence-electron chi connectivity index (χ4n) is 4.46. The second-order valence-electron chi connectivity index (χ2n) is 8.35. The van der Waals surface area contributed by atoms with E-state index in [1.807, 2.05) is 36.4 Å². The number of likely N-dealkylation sites (tertiary alicyclic amines) is 1. The van der Waals surface area contributed by atoms with E-state index in [-0.39, 0.29) is 44.4 Å². The molecule has 1 saturated heterocycles. The van der Waals surface area contributed by atoms with Gasteiger partial charge < -0.3 is 25.2 Å². The molecule has 0 spiro atoms. The summed E-state index contributed by atoms with van der Waals surface area (Å²) >= 11 is 0. The topological polar surface area (TPSA) is 116 Å². The van der Waals surface area contributed by atoms with Crippen molar-refractivity contribution in [1.82, 2.24) is 10.2 Å². The molecule has 0 saturated carbocycles. The summed E-state index contributed by atoms with van der Waals surface area (Å²) in [4.78, 5) is 37.6. The van der Waals surface area contributed by atoms with Crippen molar-refractivity contribution in [3.05, 3.63) is 59.7 Å². The SMILES string of the molecule is CC(NC(=O)OCC1c2ccccc2-c2ccccc21)C(=O)N1CCC(O)(C(=O)O)CC1. The molecule has 8 heteroatoms. The first-order valence-corrected chi connectivity index (χ1v) is 10.7. The van der Waals surface area contributed by atoms with Crippen LogP contribution < -0.4 is 5.32 Å². The van der Waals surface area contributed by atoms with E-state index in [2.05, 4.69) is 17.4 Å². The van der Waals surface area contributed by atoms with Gasteiger partial charge in [0.2, 0.25) is 5.91 Å². The number of piperidine rings is 1. The molecule has 2 aromatic rings. The zero-order valence-corrected chi connectivity index (χ0v) is 17.8. The van der Waals surface area contributed by atoms with Gasteiger partial charge in [0.05, 0.1) is 0 Å². The lowest BCUT2D eigenvalue weighted by atomic mass is 9.91. The summed E-state index contributed by atoms with van der Waals surface area (Å²) in [6, 6.07) is 15.2. The molecule has 8 nitrogen and oxygen atoms in total. The number of aliphatic carboxylic acids is 1. The highest BCUT2D eigenvalue weighted by atomic mass is 16.5. The second kappa shape index (κ2) is 8.63. The maximum atomic E-state index is 12.6. The van der Waals surface area contributed by atoms with E-state index in [9.17, 15) is 19.5 Å². The number of hydrogen-bond acceptors (Lipinski definition) is 5. The summed E-state index contributed by atoms with van der Waals surface area (Å²) < 4.78 is 5.47. The van der Waals surface area contributed by atoms with Crippen LogP contribution >= 0.6 is 0 Å². The monoisotopic (exact) mass is 438 g/mol. The molecule has 4 rings (SSSR count). The zero-order chi connectivity index (χ0) is 22.9. The van der Waals surface area contributed by atoms with Crippen LogP contribution in [0.1, 0.15) is 36.8 Å². The second-order valence-corrected chi connectivity index (χ2v) is 8.35. The maximum absolute atomic E-state index is 12.6. The molecule has 2 amide bonds. The van der Waals surface area contributed by atoms with Crippen molar-refractivity contribution < 1.29 is 29.3 Å². The van der Waals surface area contributed by atoms with Crippen LogP contribution in [0.4, 0.5) is 4.79 Å². The van der Waals surface area contributed by atoms with E-state index in [1.165, 1.54) is 4.90 Å². The molecule has 0 bridgehead atoms. The minimum atomic E-state index is -1.81. The number of carboxylic acid groups (broad SMARTS) is 1. The van der Waals surface area contributed by atoms with Crippen LogP contribution in [-0.4, -0.2) is 64.4 Å². The lowest BCUT2D eigenvalue weighted by Gasteiger charge is -2.36. The predicted octanol–water partition coefficient (Wildman–Crippen LogP) is 2.35. The number of aliphatic hydroxyl groups is 1. The fourth-order valence-corrected chi connectivity index (χ4v) is 4.46. The molecule has 2 aromatic carbocycles. The Bertz CT molecular complexity index is 999. The van der Waals surface area contributed by atoms with Gasteiger partial charge in [0.15, 0.2) is 5.60 Å². The van der Waals surface area contributed by atoms with Gasteiger partial charge in [-0.3, -0.25) is 4.79 Å². The lowest BCUT2D eigenvalue weighted by Crippen LogP contribution is -2.54. The number of amides is 2. The van der Waals surface area contributed by atoms with Crippen molar-refractivity contribution in [2.75, 3.05) is 19.7 Å². The number of carboxylic acids is 1. The Balaban J connectivity index is 1.33. The number of benzene rings is 2. The highest BCUT2D eigenvalue weighted by Crippen LogP contribution is 2.44. The van der Waals surface area contributed by atoms with Crippen molar-refractivity contribution in [3.8, 4) is 11.1 Å². The third-order valence-corrected chi connectivity index (χ3v) is 6.35. The molecule has 1 atom stereocenters. The Morgan fingerprint density at radius 2 is 1.59 bits per heavy atom. The fraction of sp³-hybridized carbons (Fsp3) is 0.375.